The number of aromatic nitrogens is 2. The molecule has 1 aromatic heterocycles. The van der Waals surface area contributed by atoms with Gasteiger partial charge < -0.3 is 4.98 Å². The second kappa shape index (κ2) is 6.98. The maximum absolute atomic E-state index is 4.73. The van der Waals surface area contributed by atoms with E-state index in [0.717, 1.165) is 29.4 Å². The molecule has 4 aromatic rings. The third-order valence-corrected chi connectivity index (χ3v) is 6.66. The van der Waals surface area contributed by atoms with Crippen LogP contribution >= 0.6 is 7.92 Å². The number of fused-ring (bicyclic) bond motifs is 1. The molecule has 0 bridgehead atoms. The maximum atomic E-state index is 4.73. The molecule has 24 heavy (non-hydrogen) atoms. The number of hydrogen-bond donors (Lipinski definition) is 1. The highest BCUT2D eigenvalue weighted by Gasteiger charge is 2.14. The van der Waals surface area contributed by atoms with Crippen LogP contribution in [0.4, 0.5) is 0 Å². The third-order valence-electron chi connectivity index (χ3n) is 4.15. The molecule has 0 atom stereocenters. The van der Waals surface area contributed by atoms with E-state index < -0.39 is 0 Å². The van der Waals surface area contributed by atoms with Gasteiger partial charge in [-0.05, 0) is 36.8 Å². The molecule has 1 N–H and O–H groups in total. The van der Waals surface area contributed by atoms with Gasteiger partial charge in [-0.25, -0.2) is 4.98 Å². The Bertz CT molecular complexity index is 844. The minimum atomic E-state index is -0.364. The van der Waals surface area contributed by atoms with E-state index in [0.29, 0.717) is 0 Å². The van der Waals surface area contributed by atoms with Crippen molar-refractivity contribution in [1.82, 2.24) is 9.97 Å². The summed E-state index contributed by atoms with van der Waals surface area (Å²) in [6.45, 7) is 0. The van der Waals surface area contributed by atoms with E-state index in [1.54, 1.807) is 0 Å². The van der Waals surface area contributed by atoms with Crippen molar-refractivity contribution in [3.8, 4) is 0 Å². The second-order valence-electron chi connectivity index (χ2n) is 5.77. The summed E-state index contributed by atoms with van der Waals surface area (Å²) in [4.78, 5) is 8.18. The van der Waals surface area contributed by atoms with Crippen LogP contribution < -0.4 is 10.6 Å². The lowest BCUT2D eigenvalue weighted by Crippen LogP contribution is -2.15. The zero-order valence-electron chi connectivity index (χ0n) is 13.4. The summed E-state index contributed by atoms with van der Waals surface area (Å²) in [5.41, 5.74) is 2.17. The van der Waals surface area contributed by atoms with Crippen LogP contribution in [0.25, 0.3) is 11.0 Å². The highest BCUT2D eigenvalue weighted by atomic mass is 31.1. The summed E-state index contributed by atoms with van der Waals surface area (Å²) in [7, 11) is -0.364. The van der Waals surface area contributed by atoms with Gasteiger partial charge in [0.15, 0.2) is 0 Å². The predicted octanol–water partition coefficient (Wildman–Crippen LogP) is 4.24. The molecule has 0 fully saturated rings. The number of para-hydroxylation sites is 2. The molecule has 3 heteroatoms. The molecule has 0 saturated carbocycles. The number of aromatic amines is 1. The number of aryl methyl sites for hydroxylation is 1. The standard InChI is InChI=1S/C21H19N2P/c1-3-9-17(10-4-1)24(18-11-5-2-6-12-18)16-15-21-22-19-13-7-8-14-20(19)23-21/h1-14H,15-16H2,(H,22,23). The SMILES string of the molecule is c1ccc(P(CCc2nc3ccccc3[nH]2)c2ccccc2)cc1. The fourth-order valence-electron chi connectivity index (χ4n) is 2.96. The number of rotatable bonds is 5. The Morgan fingerprint density at radius 1 is 0.708 bits per heavy atom. The average molecular weight is 330 g/mol. The first kappa shape index (κ1) is 15.1. The molecule has 0 unspecified atom stereocenters. The zero-order valence-corrected chi connectivity index (χ0v) is 14.3. The van der Waals surface area contributed by atoms with E-state index in [1.165, 1.54) is 10.6 Å². The first-order chi connectivity index (χ1) is 11.9. The average Bonchev–Trinajstić information content (AvgIpc) is 3.07. The van der Waals surface area contributed by atoms with Gasteiger partial charge in [0.1, 0.15) is 5.82 Å². The summed E-state index contributed by atoms with van der Waals surface area (Å²) in [6, 6.07) is 29.9. The number of imidazole rings is 1. The number of nitrogens with zero attached hydrogens (tertiary/aromatic N) is 1. The molecule has 0 aliphatic heterocycles. The van der Waals surface area contributed by atoms with Crippen LogP contribution in [-0.4, -0.2) is 16.1 Å². The van der Waals surface area contributed by atoms with E-state index in [4.69, 9.17) is 4.98 Å². The van der Waals surface area contributed by atoms with Gasteiger partial charge in [-0.15, -0.1) is 0 Å². The fraction of sp³-hybridized carbons (Fsp3) is 0.0952. The van der Waals surface area contributed by atoms with E-state index in [-0.39, 0.29) is 7.92 Å². The Morgan fingerprint density at radius 2 is 1.29 bits per heavy atom. The van der Waals surface area contributed by atoms with Crippen molar-refractivity contribution in [2.24, 2.45) is 0 Å². The fourth-order valence-corrected chi connectivity index (χ4v) is 5.28. The van der Waals surface area contributed by atoms with Crippen molar-refractivity contribution in [3.63, 3.8) is 0 Å². The van der Waals surface area contributed by atoms with Crippen molar-refractivity contribution in [2.45, 2.75) is 6.42 Å². The van der Waals surface area contributed by atoms with Gasteiger partial charge in [-0.3, -0.25) is 0 Å². The van der Waals surface area contributed by atoms with Crippen LogP contribution in [-0.2, 0) is 6.42 Å². The quantitative estimate of drug-likeness (QED) is 0.545. The summed E-state index contributed by atoms with van der Waals surface area (Å²) < 4.78 is 0. The lowest BCUT2D eigenvalue weighted by atomic mass is 10.3. The Labute approximate surface area is 143 Å². The molecule has 0 spiro atoms. The Balaban J connectivity index is 1.60. The van der Waals surface area contributed by atoms with Gasteiger partial charge in [0, 0.05) is 6.42 Å². The number of nitrogens with one attached hydrogen (secondary N) is 1. The minimum Gasteiger partial charge on any atom is -0.342 e. The van der Waals surface area contributed by atoms with Crippen molar-refractivity contribution >= 4 is 29.6 Å². The number of H-pyrrole nitrogens is 1. The Kier molecular flexibility index (Phi) is 4.40. The summed E-state index contributed by atoms with van der Waals surface area (Å²) >= 11 is 0. The molecule has 0 saturated heterocycles. The van der Waals surface area contributed by atoms with Gasteiger partial charge in [0.2, 0.25) is 0 Å². The third kappa shape index (κ3) is 3.25. The predicted molar refractivity (Wildman–Crippen MR) is 104 cm³/mol. The van der Waals surface area contributed by atoms with Crippen molar-refractivity contribution < 1.29 is 0 Å². The van der Waals surface area contributed by atoms with E-state index >= 15 is 0 Å². The second-order valence-corrected chi connectivity index (χ2v) is 8.11. The minimum absolute atomic E-state index is 0.364. The Morgan fingerprint density at radius 3 is 1.92 bits per heavy atom. The molecule has 0 aliphatic rings. The van der Waals surface area contributed by atoms with E-state index in [1.807, 2.05) is 12.1 Å². The van der Waals surface area contributed by atoms with Crippen LogP contribution in [0.3, 0.4) is 0 Å². The zero-order chi connectivity index (χ0) is 16.2. The van der Waals surface area contributed by atoms with Gasteiger partial charge in [-0.2, -0.15) is 0 Å². The van der Waals surface area contributed by atoms with E-state index in [2.05, 4.69) is 77.8 Å². The summed E-state index contributed by atoms with van der Waals surface area (Å²) in [5.74, 6) is 1.08. The molecular formula is C21H19N2P. The topological polar surface area (TPSA) is 28.7 Å². The molecule has 0 radical (unpaired) electrons. The lowest BCUT2D eigenvalue weighted by Gasteiger charge is -2.18. The van der Waals surface area contributed by atoms with Crippen LogP contribution in [0.15, 0.2) is 84.9 Å². The molecule has 2 nitrogen and oxygen atoms in total. The maximum Gasteiger partial charge on any atom is 0.107 e. The smallest absolute Gasteiger partial charge is 0.107 e. The van der Waals surface area contributed by atoms with Crippen molar-refractivity contribution in [3.05, 3.63) is 90.8 Å². The van der Waals surface area contributed by atoms with Gasteiger partial charge in [0.25, 0.3) is 0 Å². The van der Waals surface area contributed by atoms with E-state index in [9.17, 15) is 0 Å². The van der Waals surface area contributed by atoms with Crippen molar-refractivity contribution in [1.29, 1.82) is 0 Å². The number of hydrogen-bond acceptors (Lipinski definition) is 1. The van der Waals surface area contributed by atoms with Gasteiger partial charge in [0.05, 0.1) is 11.0 Å². The summed E-state index contributed by atoms with van der Waals surface area (Å²) in [6.07, 6.45) is 2.06. The molecule has 4 rings (SSSR count). The monoisotopic (exact) mass is 330 g/mol. The van der Waals surface area contributed by atoms with Crippen LogP contribution in [0.5, 0.6) is 0 Å². The van der Waals surface area contributed by atoms with Crippen LogP contribution in [0.2, 0.25) is 0 Å². The Hall–Kier alpha value is -2.44. The van der Waals surface area contributed by atoms with Crippen LogP contribution in [0, 0.1) is 0 Å². The molecule has 3 aromatic carbocycles. The van der Waals surface area contributed by atoms with Gasteiger partial charge >= 0.3 is 0 Å². The molecular weight excluding hydrogens is 311 g/mol. The normalized spacial score (nSPS) is 11.2. The molecule has 0 amide bonds. The largest absolute Gasteiger partial charge is 0.342 e. The van der Waals surface area contributed by atoms with Gasteiger partial charge in [-0.1, -0.05) is 72.8 Å². The molecule has 118 valence electrons. The van der Waals surface area contributed by atoms with Crippen LogP contribution in [0.1, 0.15) is 5.82 Å². The molecule has 0 aliphatic carbocycles. The lowest BCUT2D eigenvalue weighted by molar-refractivity contribution is 1.01. The highest BCUT2D eigenvalue weighted by Crippen LogP contribution is 2.34. The first-order valence-electron chi connectivity index (χ1n) is 8.21. The van der Waals surface area contributed by atoms with Crippen molar-refractivity contribution in [2.75, 3.05) is 6.16 Å². The number of benzene rings is 3. The molecule has 1 heterocycles. The summed E-state index contributed by atoms with van der Waals surface area (Å²) in [5, 5.41) is 2.85. The highest BCUT2D eigenvalue weighted by molar-refractivity contribution is 7.73. The first-order valence-corrected chi connectivity index (χ1v) is 9.74.